The summed E-state index contributed by atoms with van der Waals surface area (Å²) >= 11 is 0. The van der Waals surface area contributed by atoms with Crippen molar-refractivity contribution in [3.8, 4) is 11.8 Å². The van der Waals surface area contributed by atoms with E-state index in [4.69, 9.17) is 10.00 Å². The van der Waals surface area contributed by atoms with E-state index in [0.29, 0.717) is 16.7 Å². The normalized spacial score (nSPS) is 10.1. The summed E-state index contributed by atoms with van der Waals surface area (Å²) in [5.74, 6) is 0.406. The SMILES string of the molecule is COc1cc([N+](=O)[O-])c2[nH]cc(CC#N)c2c1. The predicted molar refractivity (Wildman–Crippen MR) is 60.8 cm³/mol. The van der Waals surface area contributed by atoms with E-state index in [-0.39, 0.29) is 12.1 Å². The van der Waals surface area contributed by atoms with Crippen molar-refractivity contribution in [2.75, 3.05) is 7.11 Å². The van der Waals surface area contributed by atoms with Crippen LogP contribution in [0.2, 0.25) is 0 Å². The Labute approximate surface area is 96.6 Å². The van der Waals surface area contributed by atoms with E-state index in [1.54, 1.807) is 12.3 Å². The highest BCUT2D eigenvalue weighted by Gasteiger charge is 2.17. The summed E-state index contributed by atoms with van der Waals surface area (Å²) in [5.41, 5.74) is 1.09. The van der Waals surface area contributed by atoms with Gasteiger partial charge in [-0.3, -0.25) is 10.1 Å². The van der Waals surface area contributed by atoms with E-state index in [1.807, 2.05) is 6.07 Å². The van der Waals surface area contributed by atoms with Crippen molar-refractivity contribution < 1.29 is 9.66 Å². The first kappa shape index (κ1) is 11.0. The van der Waals surface area contributed by atoms with Crippen molar-refractivity contribution in [3.05, 3.63) is 34.0 Å². The van der Waals surface area contributed by atoms with Gasteiger partial charge < -0.3 is 9.72 Å². The third-order valence-electron chi connectivity index (χ3n) is 2.53. The fraction of sp³-hybridized carbons (Fsp3) is 0.182. The number of rotatable bonds is 3. The molecule has 0 radical (unpaired) electrons. The Bertz CT molecular complexity index is 625. The Hall–Kier alpha value is -2.55. The van der Waals surface area contributed by atoms with Crippen molar-refractivity contribution >= 4 is 16.6 Å². The van der Waals surface area contributed by atoms with Gasteiger partial charge in [0.2, 0.25) is 0 Å². The highest BCUT2D eigenvalue weighted by molar-refractivity contribution is 5.92. The van der Waals surface area contributed by atoms with Gasteiger partial charge in [-0.05, 0) is 11.6 Å². The molecule has 6 nitrogen and oxygen atoms in total. The lowest BCUT2D eigenvalue weighted by Crippen LogP contribution is -1.92. The van der Waals surface area contributed by atoms with Gasteiger partial charge in [-0.2, -0.15) is 5.26 Å². The fourth-order valence-corrected chi connectivity index (χ4v) is 1.74. The molecule has 0 saturated heterocycles. The quantitative estimate of drug-likeness (QED) is 0.647. The molecule has 1 aromatic heterocycles. The maximum atomic E-state index is 10.9. The number of H-pyrrole nitrogens is 1. The predicted octanol–water partition coefficient (Wildman–Crippen LogP) is 2.15. The molecule has 0 amide bonds. The van der Waals surface area contributed by atoms with Crippen LogP contribution < -0.4 is 4.74 Å². The molecule has 0 unspecified atom stereocenters. The van der Waals surface area contributed by atoms with E-state index < -0.39 is 4.92 Å². The van der Waals surface area contributed by atoms with Crippen LogP contribution in [0.25, 0.3) is 10.9 Å². The van der Waals surface area contributed by atoms with Crippen LogP contribution in [-0.2, 0) is 6.42 Å². The van der Waals surface area contributed by atoms with Crippen molar-refractivity contribution in [1.29, 1.82) is 5.26 Å². The van der Waals surface area contributed by atoms with Crippen molar-refractivity contribution in [2.24, 2.45) is 0 Å². The second-order valence-corrected chi connectivity index (χ2v) is 3.47. The van der Waals surface area contributed by atoms with Gasteiger partial charge >= 0.3 is 0 Å². The van der Waals surface area contributed by atoms with Crippen molar-refractivity contribution in [3.63, 3.8) is 0 Å². The summed E-state index contributed by atoms with van der Waals surface area (Å²) in [5, 5.41) is 20.2. The van der Waals surface area contributed by atoms with Crippen LogP contribution in [0.3, 0.4) is 0 Å². The number of nitriles is 1. The number of aromatic nitrogens is 1. The highest BCUT2D eigenvalue weighted by Crippen LogP contribution is 2.32. The van der Waals surface area contributed by atoms with Crippen LogP contribution in [0.4, 0.5) is 5.69 Å². The van der Waals surface area contributed by atoms with Crippen LogP contribution in [0.15, 0.2) is 18.3 Å². The Kier molecular flexibility index (Phi) is 2.66. The van der Waals surface area contributed by atoms with E-state index in [2.05, 4.69) is 4.98 Å². The summed E-state index contributed by atoms with van der Waals surface area (Å²) in [6.45, 7) is 0. The van der Waals surface area contributed by atoms with Crippen LogP contribution in [0.5, 0.6) is 5.75 Å². The number of hydrogen-bond donors (Lipinski definition) is 1. The molecular formula is C11H9N3O3. The van der Waals surface area contributed by atoms with Crippen molar-refractivity contribution in [1.82, 2.24) is 4.98 Å². The van der Waals surface area contributed by atoms with Gasteiger partial charge in [-0.25, -0.2) is 0 Å². The summed E-state index contributed by atoms with van der Waals surface area (Å²) in [7, 11) is 1.45. The first-order chi connectivity index (χ1) is 8.17. The molecule has 0 spiro atoms. The minimum absolute atomic E-state index is 0.0523. The van der Waals surface area contributed by atoms with E-state index in [1.165, 1.54) is 13.2 Å². The van der Waals surface area contributed by atoms with Gasteiger partial charge in [-0.15, -0.1) is 0 Å². The average Bonchev–Trinajstić information content (AvgIpc) is 2.71. The smallest absolute Gasteiger partial charge is 0.296 e. The summed E-state index contributed by atoms with van der Waals surface area (Å²) < 4.78 is 5.01. The lowest BCUT2D eigenvalue weighted by molar-refractivity contribution is -0.383. The molecule has 1 N–H and O–H groups in total. The molecule has 0 atom stereocenters. The van der Waals surface area contributed by atoms with E-state index in [9.17, 15) is 10.1 Å². The minimum Gasteiger partial charge on any atom is -0.496 e. The van der Waals surface area contributed by atoms with Gasteiger partial charge in [0.15, 0.2) is 0 Å². The zero-order valence-electron chi connectivity index (χ0n) is 9.06. The number of nitro groups is 1. The third-order valence-corrected chi connectivity index (χ3v) is 2.53. The number of aromatic amines is 1. The molecule has 0 aliphatic carbocycles. The molecule has 86 valence electrons. The van der Waals surface area contributed by atoms with Crippen molar-refractivity contribution in [2.45, 2.75) is 6.42 Å². The number of nitrogens with one attached hydrogen (secondary N) is 1. The molecule has 0 aliphatic rings. The number of nitro benzene ring substituents is 1. The Morgan fingerprint density at radius 3 is 2.94 bits per heavy atom. The molecule has 17 heavy (non-hydrogen) atoms. The minimum atomic E-state index is -0.475. The van der Waals surface area contributed by atoms with Crippen LogP contribution in [0, 0.1) is 21.4 Å². The first-order valence-corrected chi connectivity index (χ1v) is 4.86. The fourth-order valence-electron chi connectivity index (χ4n) is 1.74. The van der Waals surface area contributed by atoms with Gasteiger partial charge in [-0.1, -0.05) is 0 Å². The average molecular weight is 231 g/mol. The second-order valence-electron chi connectivity index (χ2n) is 3.47. The number of fused-ring (bicyclic) bond motifs is 1. The van der Waals surface area contributed by atoms with Gasteiger partial charge in [0.25, 0.3) is 5.69 Å². The molecule has 2 rings (SSSR count). The molecule has 0 bridgehead atoms. The number of hydrogen-bond acceptors (Lipinski definition) is 4. The monoisotopic (exact) mass is 231 g/mol. The molecule has 2 aromatic rings. The summed E-state index contributed by atoms with van der Waals surface area (Å²) in [6.07, 6.45) is 1.81. The molecule has 1 aromatic carbocycles. The lowest BCUT2D eigenvalue weighted by Gasteiger charge is -2.01. The number of methoxy groups -OCH3 is 1. The van der Waals surface area contributed by atoms with Gasteiger partial charge in [0, 0.05) is 11.6 Å². The number of nitrogens with zero attached hydrogens (tertiary/aromatic N) is 2. The number of benzene rings is 1. The van der Waals surface area contributed by atoms with Crippen LogP contribution >= 0.6 is 0 Å². The highest BCUT2D eigenvalue weighted by atomic mass is 16.6. The molecule has 1 heterocycles. The Morgan fingerprint density at radius 1 is 1.59 bits per heavy atom. The Morgan fingerprint density at radius 2 is 2.35 bits per heavy atom. The summed E-state index contributed by atoms with van der Waals surface area (Å²) in [6, 6.07) is 5.06. The largest absolute Gasteiger partial charge is 0.496 e. The first-order valence-electron chi connectivity index (χ1n) is 4.86. The van der Waals surface area contributed by atoms with Crippen LogP contribution in [0.1, 0.15) is 5.56 Å². The molecule has 0 fully saturated rings. The topological polar surface area (TPSA) is 91.9 Å². The maximum absolute atomic E-state index is 10.9. The second kappa shape index (κ2) is 4.14. The lowest BCUT2D eigenvalue weighted by atomic mass is 10.1. The third kappa shape index (κ3) is 1.78. The molecule has 6 heteroatoms. The zero-order valence-corrected chi connectivity index (χ0v) is 9.06. The number of non-ortho nitro benzene ring substituents is 1. The standard InChI is InChI=1S/C11H9N3O3/c1-17-8-4-9-7(2-3-12)6-13-11(9)10(5-8)14(15)16/h4-6,13H,2H2,1H3. The van der Waals surface area contributed by atoms with E-state index >= 15 is 0 Å². The molecular weight excluding hydrogens is 222 g/mol. The maximum Gasteiger partial charge on any atom is 0.296 e. The zero-order chi connectivity index (χ0) is 12.4. The van der Waals surface area contributed by atoms with Gasteiger partial charge in [0.05, 0.1) is 30.6 Å². The summed E-state index contributed by atoms with van der Waals surface area (Å²) in [4.78, 5) is 13.3. The van der Waals surface area contributed by atoms with Crippen LogP contribution in [-0.4, -0.2) is 17.0 Å². The Balaban J connectivity index is 2.74. The number of ether oxygens (including phenoxy) is 1. The van der Waals surface area contributed by atoms with Gasteiger partial charge in [0.1, 0.15) is 11.3 Å². The molecule has 0 saturated carbocycles. The molecule has 0 aliphatic heterocycles. The van der Waals surface area contributed by atoms with E-state index in [0.717, 1.165) is 5.56 Å².